The van der Waals surface area contributed by atoms with Crippen LogP contribution >= 0.6 is 0 Å². The molecule has 2 nitrogen and oxygen atoms in total. The van der Waals surface area contributed by atoms with Gasteiger partial charge in [-0.1, -0.05) is 46.5 Å². The predicted molar refractivity (Wildman–Crippen MR) is 85.6 cm³/mol. The minimum Gasteiger partial charge on any atom is -0.316 e. The second-order valence-electron chi connectivity index (χ2n) is 6.76. The summed E-state index contributed by atoms with van der Waals surface area (Å²) in [5, 5.41) is 3.57. The van der Waals surface area contributed by atoms with Gasteiger partial charge >= 0.3 is 0 Å². The molecule has 1 rings (SSSR count). The highest BCUT2D eigenvalue weighted by Crippen LogP contribution is 2.16. The number of rotatable bonds is 11. The van der Waals surface area contributed by atoms with Crippen molar-refractivity contribution in [1.82, 2.24) is 10.2 Å². The molecule has 1 aliphatic rings. The average molecular weight is 268 g/mol. The zero-order chi connectivity index (χ0) is 13.9. The Morgan fingerprint density at radius 1 is 1.16 bits per heavy atom. The van der Waals surface area contributed by atoms with Crippen molar-refractivity contribution < 1.29 is 0 Å². The van der Waals surface area contributed by atoms with Gasteiger partial charge in [0.25, 0.3) is 0 Å². The Balaban J connectivity index is 1.91. The summed E-state index contributed by atoms with van der Waals surface area (Å²) >= 11 is 0. The summed E-state index contributed by atoms with van der Waals surface area (Å²) in [5.74, 6) is 1.79. The molecule has 1 N–H and O–H groups in total. The van der Waals surface area contributed by atoms with Gasteiger partial charge in [-0.15, -0.1) is 0 Å². The average Bonchev–Trinajstić information content (AvgIpc) is 2.81. The summed E-state index contributed by atoms with van der Waals surface area (Å²) < 4.78 is 0. The topological polar surface area (TPSA) is 15.3 Å². The van der Waals surface area contributed by atoms with Gasteiger partial charge in [0.2, 0.25) is 0 Å². The van der Waals surface area contributed by atoms with E-state index in [0.29, 0.717) is 0 Å². The lowest BCUT2D eigenvalue weighted by atomic mass is 10.0. The number of likely N-dealkylation sites (tertiary alicyclic amines) is 1. The molecule has 0 aliphatic carbocycles. The third-order valence-electron chi connectivity index (χ3n) is 4.24. The van der Waals surface area contributed by atoms with Gasteiger partial charge in [-0.25, -0.2) is 0 Å². The van der Waals surface area contributed by atoms with Gasteiger partial charge in [0.05, 0.1) is 0 Å². The lowest BCUT2D eigenvalue weighted by Gasteiger charge is -2.16. The van der Waals surface area contributed by atoms with E-state index in [2.05, 4.69) is 31.0 Å². The van der Waals surface area contributed by atoms with Crippen LogP contribution in [0.3, 0.4) is 0 Å². The molecule has 0 bridgehead atoms. The molecule has 1 heterocycles. The van der Waals surface area contributed by atoms with Crippen molar-refractivity contribution in [1.29, 1.82) is 0 Å². The first-order chi connectivity index (χ1) is 9.22. The van der Waals surface area contributed by atoms with Crippen molar-refractivity contribution in [2.45, 2.75) is 65.7 Å². The Bertz CT molecular complexity index is 203. The normalized spacial score (nSPS) is 20.5. The molecular weight excluding hydrogens is 232 g/mol. The molecule has 0 saturated carbocycles. The molecule has 19 heavy (non-hydrogen) atoms. The quantitative estimate of drug-likeness (QED) is 0.571. The number of unbranched alkanes of at least 4 members (excludes halogenated alkanes) is 3. The Morgan fingerprint density at radius 2 is 1.95 bits per heavy atom. The molecule has 114 valence electrons. The van der Waals surface area contributed by atoms with Crippen LogP contribution in [0.1, 0.15) is 65.7 Å². The zero-order valence-electron chi connectivity index (χ0n) is 13.6. The lowest BCUT2D eigenvalue weighted by molar-refractivity contribution is 0.312. The summed E-state index contributed by atoms with van der Waals surface area (Å²) in [6, 6.07) is 0. The van der Waals surface area contributed by atoms with E-state index < -0.39 is 0 Å². The first-order valence-electron chi connectivity index (χ1n) is 8.65. The number of hydrogen-bond acceptors (Lipinski definition) is 2. The first kappa shape index (κ1) is 17.0. The van der Waals surface area contributed by atoms with Crippen molar-refractivity contribution in [3.05, 3.63) is 0 Å². The van der Waals surface area contributed by atoms with E-state index in [0.717, 1.165) is 11.8 Å². The summed E-state index contributed by atoms with van der Waals surface area (Å²) in [7, 11) is 0. The molecule has 0 aromatic heterocycles. The van der Waals surface area contributed by atoms with Crippen LogP contribution in [0.5, 0.6) is 0 Å². The molecule has 1 atom stereocenters. The Labute approximate surface area is 121 Å². The van der Waals surface area contributed by atoms with E-state index in [1.807, 2.05) is 0 Å². The second kappa shape index (κ2) is 10.7. The number of hydrogen-bond donors (Lipinski definition) is 1. The fraction of sp³-hybridized carbons (Fsp3) is 1.00. The third-order valence-corrected chi connectivity index (χ3v) is 4.24. The van der Waals surface area contributed by atoms with Gasteiger partial charge in [-0.2, -0.15) is 0 Å². The second-order valence-corrected chi connectivity index (χ2v) is 6.76. The molecule has 0 amide bonds. The Hall–Kier alpha value is -0.0800. The van der Waals surface area contributed by atoms with Gasteiger partial charge in [-0.05, 0) is 57.3 Å². The van der Waals surface area contributed by atoms with Crippen molar-refractivity contribution >= 4 is 0 Å². The van der Waals surface area contributed by atoms with E-state index in [1.54, 1.807) is 0 Å². The van der Waals surface area contributed by atoms with Gasteiger partial charge in [0.1, 0.15) is 0 Å². The van der Waals surface area contributed by atoms with Gasteiger partial charge < -0.3 is 10.2 Å². The molecule has 0 radical (unpaired) electrons. The summed E-state index contributed by atoms with van der Waals surface area (Å²) in [5.41, 5.74) is 0. The fourth-order valence-corrected chi connectivity index (χ4v) is 3.01. The summed E-state index contributed by atoms with van der Waals surface area (Å²) in [4.78, 5) is 2.68. The highest BCUT2D eigenvalue weighted by atomic mass is 15.1. The highest BCUT2D eigenvalue weighted by Gasteiger charge is 2.21. The number of nitrogens with zero attached hydrogens (tertiary/aromatic N) is 1. The summed E-state index contributed by atoms with van der Waals surface area (Å²) in [6.07, 6.45) is 9.79. The maximum absolute atomic E-state index is 3.57. The predicted octanol–water partition coefficient (Wildman–Crippen LogP) is 3.91. The summed E-state index contributed by atoms with van der Waals surface area (Å²) in [6.45, 7) is 13.3. The van der Waals surface area contributed by atoms with Crippen molar-refractivity contribution in [2.24, 2.45) is 11.8 Å². The molecular formula is C17H36N2. The van der Waals surface area contributed by atoms with E-state index in [9.17, 15) is 0 Å². The Morgan fingerprint density at radius 3 is 2.68 bits per heavy atom. The van der Waals surface area contributed by atoms with Crippen molar-refractivity contribution in [3.63, 3.8) is 0 Å². The standard InChI is InChI=1S/C17H36N2/c1-4-11-18-14-17-10-13-19(15-17)12-8-6-5-7-9-16(2)3/h16-18H,4-15H2,1-3H3. The first-order valence-corrected chi connectivity index (χ1v) is 8.65. The van der Waals surface area contributed by atoms with Crippen LogP contribution in [0.15, 0.2) is 0 Å². The minimum atomic E-state index is 0.884. The maximum Gasteiger partial charge on any atom is 0.00223 e. The van der Waals surface area contributed by atoms with Crippen LogP contribution in [-0.4, -0.2) is 37.6 Å². The molecule has 1 fully saturated rings. The van der Waals surface area contributed by atoms with E-state index in [4.69, 9.17) is 0 Å². The highest BCUT2D eigenvalue weighted by molar-refractivity contribution is 4.76. The largest absolute Gasteiger partial charge is 0.316 e. The van der Waals surface area contributed by atoms with E-state index in [-0.39, 0.29) is 0 Å². The molecule has 1 aliphatic heterocycles. The van der Waals surface area contributed by atoms with Gasteiger partial charge in [0, 0.05) is 6.54 Å². The van der Waals surface area contributed by atoms with Crippen LogP contribution < -0.4 is 5.32 Å². The zero-order valence-corrected chi connectivity index (χ0v) is 13.6. The molecule has 1 saturated heterocycles. The minimum absolute atomic E-state index is 0.884. The van der Waals surface area contributed by atoms with Gasteiger partial charge in [-0.3, -0.25) is 0 Å². The lowest BCUT2D eigenvalue weighted by Crippen LogP contribution is -2.27. The van der Waals surface area contributed by atoms with E-state index in [1.165, 1.54) is 77.7 Å². The van der Waals surface area contributed by atoms with Crippen LogP contribution in [0.25, 0.3) is 0 Å². The van der Waals surface area contributed by atoms with Crippen LogP contribution in [0.2, 0.25) is 0 Å². The molecule has 0 spiro atoms. The van der Waals surface area contributed by atoms with Crippen LogP contribution in [0, 0.1) is 11.8 Å². The van der Waals surface area contributed by atoms with Crippen molar-refractivity contribution in [2.75, 3.05) is 32.7 Å². The molecule has 0 aromatic rings. The monoisotopic (exact) mass is 268 g/mol. The molecule has 0 aromatic carbocycles. The van der Waals surface area contributed by atoms with Crippen LogP contribution in [-0.2, 0) is 0 Å². The smallest absolute Gasteiger partial charge is 0.00223 e. The van der Waals surface area contributed by atoms with Crippen LogP contribution in [0.4, 0.5) is 0 Å². The fourth-order valence-electron chi connectivity index (χ4n) is 3.01. The number of nitrogens with one attached hydrogen (secondary N) is 1. The SMILES string of the molecule is CCCNCC1CCN(CCCCCCC(C)C)C1. The Kier molecular flexibility index (Phi) is 9.54. The molecule has 2 heteroatoms. The third kappa shape index (κ3) is 8.65. The van der Waals surface area contributed by atoms with Gasteiger partial charge in [0.15, 0.2) is 0 Å². The van der Waals surface area contributed by atoms with E-state index >= 15 is 0 Å². The molecule has 1 unspecified atom stereocenters. The maximum atomic E-state index is 3.57. The van der Waals surface area contributed by atoms with Crippen molar-refractivity contribution in [3.8, 4) is 0 Å².